The molecule has 1 aromatic rings. The first-order valence-corrected chi connectivity index (χ1v) is 10.8. The van der Waals surface area contributed by atoms with Crippen LogP contribution < -0.4 is 15.8 Å². The van der Waals surface area contributed by atoms with E-state index < -0.39 is 0 Å². The molecular weight excluding hydrogens is 378 g/mol. The second kappa shape index (κ2) is 8.89. The molecule has 28 heavy (non-hydrogen) atoms. The highest BCUT2D eigenvalue weighted by atomic mass is 35.5. The standard InChI is InChI=1S/C21H30ClN3O3/c22-18-10-17(20-16(19(18)23)2-1-8-28-20)21(26)24-11-14-3-6-25(7-4-14)12-15-5-9-27-13-15/h10,14-15H,1-9,11-13,23H2,(H,24,26)/t15-/m1/s1. The quantitative estimate of drug-likeness (QED) is 0.734. The van der Waals surface area contributed by atoms with Crippen LogP contribution in [-0.2, 0) is 11.2 Å². The van der Waals surface area contributed by atoms with Gasteiger partial charge < -0.3 is 25.4 Å². The van der Waals surface area contributed by atoms with Gasteiger partial charge in [-0.1, -0.05) is 11.6 Å². The Hall–Kier alpha value is -1.50. The number of nitrogens with zero attached hydrogens (tertiary/aromatic N) is 1. The van der Waals surface area contributed by atoms with Crippen molar-refractivity contribution < 1.29 is 14.3 Å². The number of hydrogen-bond acceptors (Lipinski definition) is 5. The van der Waals surface area contributed by atoms with Crippen molar-refractivity contribution in [3.63, 3.8) is 0 Å². The number of carbonyl (C=O) groups excluding carboxylic acids is 1. The number of nitrogen functional groups attached to an aromatic ring is 1. The van der Waals surface area contributed by atoms with Crippen LogP contribution in [0.15, 0.2) is 6.07 Å². The monoisotopic (exact) mass is 407 g/mol. The highest BCUT2D eigenvalue weighted by Crippen LogP contribution is 2.38. The van der Waals surface area contributed by atoms with Crippen molar-refractivity contribution in [1.29, 1.82) is 0 Å². The number of halogens is 1. The first-order valence-electron chi connectivity index (χ1n) is 10.4. The number of anilines is 1. The first-order chi connectivity index (χ1) is 13.6. The van der Waals surface area contributed by atoms with Crippen LogP contribution in [0.5, 0.6) is 5.75 Å². The van der Waals surface area contributed by atoms with Crippen LogP contribution in [0.4, 0.5) is 5.69 Å². The van der Waals surface area contributed by atoms with Crippen LogP contribution in [0, 0.1) is 11.8 Å². The molecular formula is C21H30ClN3O3. The lowest BCUT2D eigenvalue weighted by Crippen LogP contribution is -2.40. The van der Waals surface area contributed by atoms with Crippen molar-refractivity contribution in [2.75, 3.05) is 51.7 Å². The molecule has 2 saturated heterocycles. The molecule has 4 rings (SSSR count). The van der Waals surface area contributed by atoms with Gasteiger partial charge in [-0.25, -0.2) is 0 Å². The maximum absolute atomic E-state index is 12.8. The van der Waals surface area contributed by atoms with E-state index in [2.05, 4.69) is 10.2 Å². The van der Waals surface area contributed by atoms with E-state index in [1.165, 1.54) is 6.42 Å². The molecule has 0 spiro atoms. The molecule has 1 atom stereocenters. The van der Waals surface area contributed by atoms with E-state index in [4.69, 9.17) is 26.8 Å². The number of piperidine rings is 1. The molecule has 6 nitrogen and oxygen atoms in total. The highest BCUT2D eigenvalue weighted by molar-refractivity contribution is 6.33. The summed E-state index contributed by atoms with van der Waals surface area (Å²) in [6.07, 6.45) is 5.11. The van der Waals surface area contributed by atoms with Crippen LogP contribution in [0.1, 0.15) is 41.6 Å². The van der Waals surface area contributed by atoms with E-state index in [1.807, 2.05) is 0 Å². The third-order valence-corrected chi connectivity index (χ3v) is 6.55. The lowest BCUT2D eigenvalue weighted by molar-refractivity contribution is 0.0926. The third-order valence-electron chi connectivity index (χ3n) is 6.23. The highest BCUT2D eigenvalue weighted by Gasteiger charge is 2.26. The Labute approximate surface area is 171 Å². The van der Waals surface area contributed by atoms with E-state index in [-0.39, 0.29) is 5.91 Å². The summed E-state index contributed by atoms with van der Waals surface area (Å²) in [6, 6.07) is 1.64. The zero-order valence-electron chi connectivity index (χ0n) is 16.3. The second-order valence-electron chi connectivity index (χ2n) is 8.26. The van der Waals surface area contributed by atoms with Gasteiger partial charge in [0.15, 0.2) is 0 Å². The van der Waals surface area contributed by atoms with Gasteiger partial charge in [0, 0.05) is 25.3 Å². The minimum absolute atomic E-state index is 0.120. The number of amides is 1. The van der Waals surface area contributed by atoms with Gasteiger partial charge >= 0.3 is 0 Å². The summed E-state index contributed by atoms with van der Waals surface area (Å²) >= 11 is 6.25. The summed E-state index contributed by atoms with van der Waals surface area (Å²) in [5.41, 5.74) is 7.99. The van der Waals surface area contributed by atoms with Gasteiger partial charge in [-0.05, 0) is 63.1 Å². The van der Waals surface area contributed by atoms with E-state index in [1.54, 1.807) is 6.07 Å². The maximum Gasteiger partial charge on any atom is 0.255 e. The summed E-state index contributed by atoms with van der Waals surface area (Å²) in [7, 11) is 0. The Morgan fingerprint density at radius 2 is 2.07 bits per heavy atom. The average Bonchev–Trinajstić information content (AvgIpc) is 3.23. The van der Waals surface area contributed by atoms with Gasteiger partial charge in [0.05, 0.1) is 29.5 Å². The molecule has 7 heteroatoms. The number of rotatable bonds is 5. The van der Waals surface area contributed by atoms with E-state index in [0.717, 1.165) is 64.1 Å². The first kappa shape index (κ1) is 19.8. The normalized spacial score (nSPS) is 23.2. The number of likely N-dealkylation sites (tertiary alicyclic amines) is 1. The van der Waals surface area contributed by atoms with Gasteiger partial charge in [-0.2, -0.15) is 0 Å². The predicted octanol–water partition coefficient (Wildman–Crippen LogP) is 2.73. The van der Waals surface area contributed by atoms with Crippen LogP contribution >= 0.6 is 11.6 Å². The number of nitrogens with one attached hydrogen (secondary N) is 1. The lowest BCUT2D eigenvalue weighted by Gasteiger charge is -2.33. The Morgan fingerprint density at radius 1 is 1.25 bits per heavy atom. The number of carbonyl (C=O) groups is 1. The van der Waals surface area contributed by atoms with E-state index in [0.29, 0.717) is 47.0 Å². The number of benzene rings is 1. The topological polar surface area (TPSA) is 76.8 Å². The van der Waals surface area contributed by atoms with Gasteiger partial charge in [0.1, 0.15) is 5.75 Å². The summed E-state index contributed by atoms with van der Waals surface area (Å²) in [5.74, 6) is 1.70. The van der Waals surface area contributed by atoms with Crippen molar-refractivity contribution in [2.45, 2.75) is 32.1 Å². The number of fused-ring (bicyclic) bond motifs is 1. The molecule has 0 aromatic heterocycles. The summed E-state index contributed by atoms with van der Waals surface area (Å²) in [6.45, 7) is 6.47. The van der Waals surface area contributed by atoms with Gasteiger partial charge in [-0.15, -0.1) is 0 Å². The Morgan fingerprint density at radius 3 is 2.82 bits per heavy atom. The molecule has 154 valence electrons. The Bertz CT molecular complexity index is 713. The molecule has 0 aliphatic carbocycles. The Balaban J connectivity index is 1.30. The third kappa shape index (κ3) is 4.39. The van der Waals surface area contributed by atoms with Crippen molar-refractivity contribution in [3.8, 4) is 5.75 Å². The molecule has 0 radical (unpaired) electrons. The summed E-state index contributed by atoms with van der Waals surface area (Å²) < 4.78 is 11.2. The van der Waals surface area contributed by atoms with Crippen molar-refractivity contribution >= 4 is 23.2 Å². The van der Waals surface area contributed by atoms with E-state index >= 15 is 0 Å². The molecule has 3 aliphatic rings. The molecule has 0 unspecified atom stereocenters. The zero-order valence-corrected chi connectivity index (χ0v) is 17.1. The van der Waals surface area contributed by atoms with Crippen LogP contribution in [-0.4, -0.2) is 56.8 Å². The fraction of sp³-hybridized carbons (Fsp3) is 0.667. The van der Waals surface area contributed by atoms with Crippen LogP contribution in [0.2, 0.25) is 5.02 Å². The second-order valence-corrected chi connectivity index (χ2v) is 8.67. The Kier molecular flexibility index (Phi) is 6.28. The van der Waals surface area contributed by atoms with Gasteiger partial charge in [-0.3, -0.25) is 4.79 Å². The summed E-state index contributed by atoms with van der Waals surface area (Å²) in [5, 5.41) is 3.53. The van der Waals surface area contributed by atoms with Crippen LogP contribution in [0.3, 0.4) is 0 Å². The summed E-state index contributed by atoms with van der Waals surface area (Å²) in [4.78, 5) is 15.3. The maximum atomic E-state index is 12.8. The average molecular weight is 408 g/mol. The molecule has 1 amide bonds. The van der Waals surface area contributed by atoms with Gasteiger partial charge in [0.25, 0.3) is 5.91 Å². The van der Waals surface area contributed by atoms with Crippen molar-refractivity contribution in [2.24, 2.45) is 11.8 Å². The fourth-order valence-electron chi connectivity index (χ4n) is 4.50. The molecule has 0 bridgehead atoms. The van der Waals surface area contributed by atoms with Crippen molar-refractivity contribution in [1.82, 2.24) is 10.2 Å². The number of ether oxygens (including phenoxy) is 2. The molecule has 1 aromatic carbocycles. The smallest absolute Gasteiger partial charge is 0.255 e. The van der Waals surface area contributed by atoms with E-state index in [9.17, 15) is 4.79 Å². The minimum atomic E-state index is -0.120. The van der Waals surface area contributed by atoms with Crippen molar-refractivity contribution in [3.05, 3.63) is 22.2 Å². The predicted molar refractivity (Wildman–Crippen MR) is 110 cm³/mol. The number of nitrogens with two attached hydrogens (primary N) is 1. The molecule has 3 N–H and O–H groups in total. The van der Waals surface area contributed by atoms with Gasteiger partial charge in [0.2, 0.25) is 0 Å². The lowest BCUT2D eigenvalue weighted by atomic mass is 9.95. The molecule has 0 saturated carbocycles. The molecule has 3 heterocycles. The fourth-order valence-corrected chi connectivity index (χ4v) is 4.72. The minimum Gasteiger partial charge on any atom is -0.492 e. The zero-order chi connectivity index (χ0) is 19.5. The molecule has 2 fully saturated rings. The largest absolute Gasteiger partial charge is 0.492 e. The molecule has 3 aliphatic heterocycles. The van der Waals surface area contributed by atoms with Crippen LogP contribution in [0.25, 0.3) is 0 Å². The number of hydrogen-bond donors (Lipinski definition) is 2. The SMILES string of the molecule is Nc1c(Cl)cc(C(=O)NCC2CCN(C[C@H]3CCOC3)CC2)c2c1CCCO2.